The largest absolute Gasteiger partial charge is 0.469 e. The Kier molecular flexibility index (Phi) is 6.69. The van der Waals surface area contributed by atoms with Gasteiger partial charge in [-0.15, -0.1) is 12.4 Å². The first kappa shape index (κ1) is 20.3. The van der Waals surface area contributed by atoms with Crippen molar-refractivity contribution >= 4 is 41.5 Å². The minimum Gasteiger partial charge on any atom is -0.469 e. The van der Waals surface area contributed by atoms with E-state index in [1.807, 2.05) is 0 Å². The zero-order valence-corrected chi connectivity index (χ0v) is 15.8. The Balaban J connectivity index is 0.00000243. The summed E-state index contributed by atoms with van der Waals surface area (Å²) in [5.74, 6) is 0.300. The molecule has 4 N–H and O–H groups in total. The molecule has 1 atom stereocenters. The average molecular weight is 398 g/mol. The van der Waals surface area contributed by atoms with Crippen molar-refractivity contribution in [3.05, 3.63) is 52.4 Å². The third-order valence-electron chi connectivity index (χ3n) is 4.34. The van der Waals surface area contributed by atoms with Gasteiger partial charge in [0.2, 0.25) is 0 Å². The first-order valence-electron chi connectivity index (χ1n) is 8.15. The standard InChI is InChI=1S/C18H20ClN3O3.ClH/c1-10-13(6-7-25-10)17(23)21-15-8-12(19)4-5-14(15)18(24)22-16(9-20)11-2-3-11;/h4-8,11,16H,2-3,9,20H2,1H3,(H,21,23)(H,22,24);1H. The van der Waals surface area contributed by atoms with Gasteiger partial charge in [0.1, 0.15) is 5.76 Å². The van der Waals surface area contributed by atoms with E-state index >= 15 is 0 Å². The number of hydrogen-bond acceptors (Lipinski definition) is 4. The third-order valence-corrected chi connectivity index (χ3v) is 4.57. The number of furan rings is 1. The predicted octanol–water partition coefficient (Wildman–Crippen LogP) is 3.38. The molecule has 1 aromatic carbocycles. The summed E-state index contributed by atoms with van der Waals surface area (Å²) in [6.45, 7) is 2.09. The number of carbonyl (C=O) groups is 2. The maximum Gasteiger partial charge on any atom is 0.259 e. The van der Waals surface area contributed by atoms with Gasteiger partial charge in [-0.25, -0.2) is 0 Å². The summed E-state index contributed by atoms with van der Waals surface area (Å²) in [6, 6.07) is 6.29. The van der Waals surface area contributed by atoms with Crippen LogP contribution in [0.3, 0.4) is 0 Å². The van der Waals surface area contributed by atoms with Crippen molar-refractivity contribution in [3.8, 4) is 0 Å². The minimum atomic E-state index is -0.361. The topological polar surface area (TPSA) is 97.4 Å². The molecule has 0 saturated heterocycles. The van der Waals surface area contributed by atoms with E-state index in [-0.39, 0.29) is 30.3 Å². The van der Waals surface area contributed by atoms with E-state index in [9.17, 15) is 9.59 Å². The third kappa shape index (κ3) is 4.58. The van der Waals surface area contributed by atoms with Gasteiger partial charge in [0.25, 0.3) is 11.8 Å². The molecule has 2 amide bonds. The van der Waals surface area contributed by atoms with Crippen molar-refractivity contribution in [2.75, 3.05) is 11.9 Å². The second-order valence-corrected chi connectivity index (χ2v) is 6.62. The number of amides is 2. The summed E-state index contributed by atoms with van der Waals surface area (Å²) in [5, 5.41) is 6.11. The molecule has 1 saturated carbocycles. The summed E-state index contributed by atoms with van der Waals surface area (Å²) in [5.41, 5.74) is 6.85. The number of nitrogens with one attached hydrogen (secondary N) is 2. The van der Waals surface area contributed by atoms with Crippen LogP contribution in [0.5, 0.6) is 0 Å². The number of aryl methyl sites for hydroxylation is 1. The monoisotopic (exact) mass is 397 g/mol. The van der Waals surface area contributed by atoms with Gasteiger partial charge in [0.05, 0.1) is 23.1 Å². The second-order valence-electron chi connectivity index (χ2n) is 6.19. The zero-order valence-electron chi connectivity index (χ0n) is 14.3. The molecular weight excluding hydrogens is 377 g/mol. The van der Waals surface area contributed by atoms with Crippen molar-refractivity contribution in [3.63, 3.8) is 0 Å². The smallest absolute Gasteiger partial charge is 0.259 e. The Hall–Kier alpha value is -2.02. The van der Waals surface area contributed by atoms with E-state index in [1.54, 1.807) is 31.2 Å². The molecule has 0 aliphatic heterocycles. The summed E-state index contributed by atoms with van der Waals surface area (Å²) in [6.07, 6.45) is 3.59. The Labute approximate surface area is 162 Å². The SMILES string of the molecule is Cc1occc1C(=O)Nc1cc(Cl)ccc1C(=O)NC(CN)C1CC1.Cl. The van der Waals surface area contributed by atoms with Crippen LogP contribution < -0.4 is 16.4 Å². The molecule has 3 rings (SSSR count). The van der Waals surface area contributed by atoms with Crippen molar-refractivity contribution < 1.29 is 14.0 Å². The highest BCUT2D eigenvalue weighted by Crippen LogP contribution is 2.32. The second kappa shape index (κ2) is 8.58. The lowest BCUT2D eigenvalue weighted by Crippen LogP contribution is -2.42. The summed E-state index contributed by atoms with van der Waals surface area (Å²) < 4.78 is 5.15. The molecule has 1 fully saturated rings. The lowest BCUT2D eigenvalue weighted by Gasteiger charge is -2.18. The zero-order chi connectivity index (χ0) is 18.0. The normalized spacial score (nSPS) is 14.3. The van der Waals surface area contributed by atoms with Crippen LogP contribution in [0.4, 0.5) is 5.69 Å². The van der Waals surface area contributed by atoms with Crippen molar-refractivity contribution in [2.45, 2.75) is 25.8 Å². The highest BCUT2D eigenvalue weighted by Gasteiger charge is 2.31. The predicted molar refractivity (Wildman–Crippen MR) is 103 cm³/mol. The maximum absolute atomic E-state index is 12.6. The van der Waals surface area contributed by atoms with Crippen LogP contribution in [0.15, 0.2) is 34.9 Å². The first-order valence-corrected chi connectivity index (χ1v) is 8.53. The maximum atomic E-state index is 12.6. The lowest BCUT2D eigenvalue weighted by molar-refractivity contribution is 0.0934. The van der Waals surface area contributed by atoms with E-state index < -0.39 is 0 Å². The van der Waals surface area contributed by atoms with Gasteiger partial charge in [-0.05, 0) is 49.9 Å². The van der Waals surface area contributed by atoms with Crippen molar-refractivity contribution in [2.24, 2.45) is 11.7 Å². The van der Waals surface area contributed by atoms with Crippen LogP contribution in [0.25, 0.3) is 0 Å². The Bertz CT molecular complexity index is 803. The number of hydrogen-bond donors (Lipinski definition) is 3. The van der Waals surface area contributed by atoms with Crippen LogP contribution >= 0.6 is 24.0 Å². The average Bonchev–Trinajstić information content (AvgIpc) is 3.33. The molecule has 8 heteroatoms. The van der Waals surface area contributed by atoms with Crippen molar-refractivity contribution in [1.82, 2.24) is 5.32 Å². The fraction of sp³-hybridized carbons (Fsp3) is 0.333. The molecule has 1 aliphatic rings. The molecule has 6 nitrogen and oxygen atoms in total. The van der Waals surface area contributed by atoms with Crippen LogP contribution in [0.1, 0.15) is 39.3 Å². The number of rotatable bonds is 6. The summed E-state index contributed by atoms with van der Waals surface area (Å²) in [4.78, 5) is 25.0. The minimum absolute atomic E-state index is 0. The number of halogens is 2. The summed E-state index contributed by atoms with van der Waals surface area (Å²) >= 11 is 6.03. The van der Waals surface area contributed by atoms with E-state index in [4.69, 9.17) is 21.8 Å². The van der Waals surface area contributed by atoms with E-state index in [0.29, 0.717) is 40.1 Å². The van der Waals surface area contributed by atoms with Crippen LogP contribution in [-0.4, -0.2) is 24.4 Å². The Morgan fingerprint density at radius 2 is 2.00 bits per heavy atom. The van der Waals surface area contributed by atoms with Gasteiger partial charge in [-0.3, -0.25) is 9.59 Å². The van der Waals surface area contributed by atoms with E-state index in [0.717, 1.165) is 12.8 Å². The first-order chi connectivity index (χ1) is 12.0. The number of nitrogens with two attached hydrogens (primary N) is 1. The highest BCUT2D eigenvalue weighted by atomic mass is 35.5. The molecule has 0 spiro atoms. The molecular formula is C18H21Cl2N3O3. The number of carbonyl (C=O) groups excluding carboxylic acids is 2. The molecule has 1 aromatic heterocycles. The molecule has 2 aromatic rings. The van der Waals surface area contributed by atoms with Crippen LogP contribution in [0, 0.1) is 12.8 Å². The van der Waals surface area contributed by atoms with Crippen LogP contribution in [0.2, 0.25) is 5.02 Å². The van der Waals surface area contributed by atoms with Gasteiger partial charge in [0.15, 0.2) is 0 Å². The van der Waals surface area contributed by atoms with Gasteiger partial charge in [0, 0.05) is 17.6 Å². The van der Waals surface area contributed by atoms with Crippen molar-refractivity contribution in [1.29, 1.82) is 0 Å². The highest BCUT2D eigenvalue weighted by molar-refractivity contribution is 6.31. The molecule has 1 aliphatic carbocycles. The molecule has 26 heavy (non-hydrogen) atoms. The van der Waals surface area contributed by atoms with Gasteiger partial charge in [-0.2, -0.15) is 0 Å². The quantitative estimate of drug-likeness (QED) is 0.695. The molecule has 140 valence electrons. The van der Waals surface area contributed by atoms with E-state index in [2.05, 4.69) is 10.6 Å². The summed E-state index contributed by atoms with van der Waals surface area (Å²) in [7, 11) is 0. The van der Waals surface area contributed by atoms with Gasteiger partial charge >= 0.3 is 0 Å². The van der Waals surface area contributed by atoms with Gasteiger partial charge < -0.3 is 20.8 Å². The number of benzene rings is 1. The Morgan fingerprint density at radius 1 is 1.27 bits per heavy atom. The number of anilines is 1. The molecule has 1 heterocycles. The molecule has 0 radical (unpaired) electrons. The van der Waals surface area contributed by atoms with Crippen LogP contribution in [-0.2, 0) is 0 Å². The lowest BCUT2D eigenvalue weighted by atomic mass is 10.1. The fourth-order valence-corrected chi connectivity index (χ4v) is 2.91. The fourth-order valence-electron chi connectivity index (χ4n) is 2.74. The molecule has 0 bridgehead atoms. The van der Waals surface area contributed by atoms with E-state index in [1.165, 1.54) is 6.26 Å². The Morgan fingerprint density at radius 3 is 2.58 bits per heavy atom. The van der Waals surface area contributed by atoms with Gasteiger partial charge in [-0.1, -0.05) is 11.6 Å². The molecule has 1 unspecified atom stereocenters.